The Morgan fingerprint density at radius 1 is 0.966 bits per heavy atom. The zero-order valence-corrected chi connectivity index (χ0v) is 16.4. The first-order chi connectivity index (χ1) is 14.2. The molecule has 1 saturated heterocycles. The van der Waals surface area contributed by atoms with Crippen molar-refractivity contribution in [1.29, 1.82) is 0 Å². The molecule has 0 aromatic heterocycles. The summed E-state index contributed by atoms with van der Waals surface area (Å²) in [6.45, 7) is 3.07. The van der Waals surface area contributed by atoms with Gasteiger partial charge in [0.2, 0.25) is 5.91 Å². The number of rotatable bonds is 5. The van der Waals surface area contributed by atoms with E-state index in [1.807, 2.05) is 48.5 Å². The fourth-order valence-electron chi connectivity index (χ4n) is 3.84. The standard InChI is InChI=1S/C23H26N2O4/c26-22(24-19-7-8-20-21(15-19)29-14-4-13-28-20)16-25-11-9-18(10-12-25)23(27)17-5-2-1-3-6-17/h1-3,5-8,15,18H,4,9-14,16H2,(H,24,26). The van der Waals surface area contributed by atoms with Crippen molar-refractivity contribution in [3.8, 4) is 11.5 Å². The van der Waals surface area contributed by atoms with Gasteiger partial charge in [0.25, 0.3) is 0 Å². The number of piperidine rings is 1. The molecule has 1 fully saturated rings. The highest BCUT2D eigenvalue weighted by atomic mass is 16.5. The maximum atomic E-state index is 12.6. The highest BCUT2D eigenvalue weighted by Crippen LogP contribution is 2.32. The third-order valence-electron chi connectivity index (χ3n) is 5.42. The second-order valence-corrected chi connectivity index (χ2v) is 7.54. The molecular weight excluding hydrogens is 368 g/mol. The number of fused-ring (bicyclic) bond motifs is 1. The van der Waals surface area contributed by atoms with Crippen molar-refractivity contribution in [3.05, 3.63) is 54.1 Å². The molecule has 6 heteroatoms. The second kappa shape index (κ2) is 9.09. The summed E-state index contributed by atoms with van der Waals surface area (Å²) in [7, 11) is 0. The van der Waals surface area contributed by atoms with Gasteiger partial charge in [-0.15, -0.1) is 0 Å². The minimum Gasteiger partial charge on any atom is -0.490 e. The minimum atomic E-state index is -0.0627. The van der Waals surface area contributed by atoms with Crippen molar-refractivity contribution in [3.63, 3.8) is 0 Å². The fraction of sp³-hybridized carbons (Fsp3) is 0.391. The number of amides is 1. The van der Waals surface area contributed by atoms with Crippen LogP contribution >= 0.6 is 0 Å². The Hall–Kier alpha value is -2.86. The van der Waals surface area contributed by atoms with Gasteiger partial charge in [-0.1, -0.05) is 30.3 Å². The van der Waals surface area contributed by atoms with E-state index in [0.29, 0.717) is 36.9 Å². The molecule has 4 rings (SSSR count). The zero-order chi connectivity index (χ0) is 20.1. The summed E-state index contributed by atoms with van der Waals surface area (Å²) in [5, 5.41) is 2.94. The molecule has 152 valence electrons. The van der Waals surface area contributed by atoms with E-state index in [0.717, 1.165) is 37.9 Å². The van der Waals surface area contributed by atoms with E-state index in [-0.39, 0.29) is 17.6 Å². The lowest BCUT2D eigenvalue weighted by Crippen LogP contribution is -2.40. The molecule has 1 amide bonds. The molecule has 1 N–H and O–H groups in total. The van der Waals surface area contributed by atoms with Gasteiger partial charge >= 0.3 is 0 Å². The molecule has 2 aromatic rings. The summed E-state index contributed by atoms with van der Waals surface area (Å²) in [6.07, 6.45) is 2.41. The second-order valence-electron chi connectivity index (χ2n) is 7.54. The predicted octanol–water partition coefficient (Wildman–Crippen LogP) is 3.38. The third-order valence-corrected chi connectivity index (χ3v) is 5.42. The van der Waals surface area contributed by atoms with Gasteiger partial charge in [0, 0.05) is 29.7 Å². The number of ether oxygens (including phenoxy) is 2. The summed E-state index contributed by atoms with van der Waals surface area (Å²) in [6, 6.07) is 14.9. The van der Waals surface area contributed by atoms with E-state index in [1.165, 1.54) is 0 Å². The first-order valence-electron chi connectivity index (χ1n) is 10.2. The lowest BCUT2D eigenvalue weighted by molar-refractivity contribution is -0.117. The Balaban J connectivity index is 1.27. The molecule has 0 atom stereocenters. The first-order valence-corrected chi connectivity index (χ1v) is 10.2. The molecule has 2 aromatic carbocycles. The van der Waals surface area contributed by atoms with Crippen LogP contribution < -0.4 is 14.8 Å². The topological polar surface area (TPSA) is 67.9 Å². The molecule has 0 saturated carbocycles. The molecule has 2 heterocycles. The van der Waals surface area contributed by atoms with E-state index in [2.05, 4.69) is 10.2 Å². The summed E-state index contributed by atoms with van der Waals surface area (Å²) in [5.74, 6) is 1.57. The number of hydrogen-bond acceptors (Lipinski definition) is 5. The van der Waals surface area contributed by atoms with Crippen LogP contribution in [0.15, 0.2) is 48.5 Å². The van der Waals surface area contributed by atoms with Crippen LogP contribution in [0, 0.1) is 5.92 Å². The summed E-state index contributed by atoms with van der Waals surface area (Å²) in [4.78, 5) is 27.2. The molecule has 0 aliphatic carbocycles. The average Bonchev–Trinajstić information content (AvgIpc) is 2.99. The third kappa shape index (κ3) is 4.95. The van der Waals surface area contributed by atoms with Crippen LogP contribution in [0.4, 0.5) is 5.69 Å². The predicted molar refractivity (Wildman–Crippen MR) is 111 cm³/mol. The minimum absolute atomic E-state index is 0.0402. The van der Waals surface area contributed by atoms with E-state index in [1.54, 1.807) is 0 Å². The number of carbonyl (C=O) groups is 2. The van der Waals surface area contributed by atoms with Crippen molar-refractivity contribution in [2.45, 2.75) is 19.3 Å². The van der Waals surface area contributed by atoms with Crippen LogP contribution in [0.3, 0.4) is 0 Å². The Morgan fingerprint density at radius 3 is 2.45 bits per heavy atom. The van der Waals surface area contributed by atoms with Crippen LogP contribution in [0.25, 0.3) is 0 Å². The van der Waals surface area contributed by atoms with Crippen LogP contribution in [0.1, 0.15) is 29.6 Å². The maximum Gasteiger partial charge on any atom is 0.238 e. The molecule has 0 radical (unpaired) electrons. The summed E-state index contributed by atoms with van der Waals surface area (Å²) in [5.41, 5.74) is 1.48. The quantitative estimate of drug-likeness (QED) is 0.788. The number of nitrogens with zero attached hydrogens (tertiary/aromatic N) is 1. The van der Waals surface area contributed by atoms with Gasteiger partial charge in [0.1, 0.15) is 0 Å². The monoisotopic (exact) mass is 394 g/mol. The van der Waals surface area contributed by atoms with Gasteiger partial charge in [-0.05, 0) is 38.1 Å². The Labute approximate surface area is 170 Å². The number of anilines is 1. The Morgan fingerprint density at radius 2 is 1.69 bits per heavy atom. The van der Waals surface area contributed by atoms with Gasteiger partial charge in [0.05, 0.1) is 19.8 Å². The van der Waals surface area contributed by atoms with Crippen LogP contribution in [-0.2, 0) is 4.79 Å². The molecule has 29 heavy (non-hydrogen) atoms. The van der Waals surface area contributed by atoms with Crippen LogP contribution in [0.2, 0.25) is 0 Å². The number of likely N-dealkylation sites (tertiary alicyclic amines) is 1. The van der Waals surface area contributed by atoms with Gasteiger partial charge < -0.3 is 14.8 Å². The number of carbonyl (C=O) groups excluding carboxylic acids is 2. The lowest BCUT2D eigenvalue weighted by atomic mass is 9.89. The molecular formula is C23H26N2O4. The lowest BCUT2D eigenvalue weighted by Gasteiger charge is -2.30. The van der Waals surface area contributed by atoms with E-state index in [9.17, 15) is 9.59 Å². The molecule has 0 spiro atoms. The number of ketones is 1. The van der Waals surface area contributed by atoms with Crippen molar-refractivity contribution < 1.29 is 19.1 Å². The van der Waals surface area contributed by atoms with E-state index in [4.69, 9.17) is 9.47 Å². The number of benzene rings is 2. The highest BCUT2D eigenvalue weighted by Gasteiger charge is 2.26. The zero-order valence-electron chi connectivity index (χ0n) is 16.4. The Kier molecular flexibility index (Phi) is 6.10. The molecule has 0 bridgehead atoms. The van der Waals surface area contributed by atoms with Gasteiger partial charge in [-0.25, -0.2) is 0 Å². The first kappa shape index (κ1) is 19.5. The van der Waals surface area contributed by atoms with Crippen molar-refractivity contribution in [2.75, 3.05) is 38.2 Å². The summed E-state index contributed by atoms with van der Waals surface area (Å²) >= 11 is 0. The van der Waals surface area contributed by atoms with Crippen LogP contribution in [-0.4, -0.2) is 49.4 Å². The van der Waals surface area contributed by atoms with Crippen molar-refractivity contribution in [2.24, 2.45) is 5.92 Å². The molecule has 0 unspecified atom stereocenters. The normalized spacial score (nSPS) is 17.4. The van der Waals surface area contributed by atoms with Crippen molar-refractivity contribution in [1.82, 2.24) is 4.90 Å². The van der Waals surface area contributed by atoms with E-state index < -0.39 is 0 Å². The SMILES string of the molecule is O=C(CN1CCC(C(=O)c2ccccc2)CC1)Nc1ccc2c(c1)OCCCO2. The molecule has 2 aliphatic heterocycles. The van der Waals surface area contributed by atoms with Crippen LogP contribution in [0.5, 0.6) is 11.5 Å². The van der Waals surface area contributed by atoms with Gasteiger partial charge in [0.15, 0.2) is 17.3 Å². The molecule has 6 nitrogen and oxygen atoms in total. The summed E-state index contributed by atoms with van der Waals surface area (Å²) < 4.78 is 11.3. The molecule has 2 aliphatic rings. The number of Topliss-reactive ketones (excluding diaryl/α,β-unsaturated/α-hetero) is 1. The smallest absolute Gasteiger partial charge is 0.238 e. The highest BCUT2D eigenvalue weighted by molar-refractivity contribution is 5.98. The number of nitrogens with one attached hydrogen (secondary N) is 1. The average molecular weight is 394 g/mol. The Bertz CT molecular complexity index is 860. The van der Waals surface area contributed by atoms with Crippen molar-refractivity contribution >= 4 is 17.4 Å². The van der Waals surface area contributed by atoms with Gasteiger partial charge in [-0.2, -0.15) is 0 Å². The number of hydrogen-bond donors (Lipinski definition) is 1. The van der Waals surface area contributed by atoms with E-state index >= 15 is 0 Å². The maximum absolute atomic E-state index is 12.6. The largest absolute Gasteiger partial charge is 0.490 e. The van der Waals surface area contributed by atoms with Gasteiger partial charge in [-0.3, -0.25) is 14.5 Å². The fourth-order valence-corrected chi connectivity index (χ4v) is 3.84.